The van der Waals surface area contributed by atoms with Crippen LogP contribution in [0.25, 0.3) is 0 Å². The summed E-state index contributed by atoms with van der Waals surface area (Å²) < 4.78 is 10.3. The minimum Gasteiger partial charge on any atom is -0.479 e. The molecule has 0 bridgehead atoms. The molecule has 0 radical (unpaired) electrons. The number of carboxylic acids is 1. The van der Waals surface area contributed by atoms with Gasteiger partial charge in [0, 0.05) is 18.7 Å². The van der Waals surface area contributed by atoms with Crippen molar-refractivity contribution in [2.24, 2.45) is 0 Å². The zero-order chi connectivity index (χ0) is 17.9. The number of aliphatic carboxylic acids is 1. The smallest absolute Gasteiger partial charge is 0.332 e. The van der Waals surface area contributed by atoms with Gasteiger partial charge >= 0.3 is 5.97 Å². The van der Waals surface area contributed by atoms with E-state index < -0.39 is 12.1 Å². The van der Waals surface area contributed by atoms with E-state index in [1.54, 1.807) is 0 Å². The number of carbonyl (C=O) groups is 1. The van der Waals surface area contributed by atoms with Crippen LogP contribution >= 0.6 is 0 Å². The summed E-state index contributed by atoms with van der Waals surface area (Å²) >= 11 is 0. The van der Waals surface area contributed by atoms with E-state index in [1.807, 2.05) is 0 Å². The summed E-state index contributed by atoms with van der Waals surface area (Å²) in [4.78, 5) is 10.4. The van der Waals surface area contributed by atoms with Crippen molar-refractivity contribution in [1.82, 2.24) is 5.32 Å². The molecule has 2 unspecified atom stereocenters. The van der Waals surface area contributed by atoms with Gasteiger partial charge in [0.1, 0.15) is 0 Å². The lowest BCUT2D eigenvalue weighted by molar-refractivity contribution is -0.197. The molecule has 5 heteroatoms. The third-order valence-electron chi connectivity index (χ3n) is 5.52. The summed E-state index contributed by atoms with van der Waals surface area (Å²) in [6.45, 7) is 2.19. The number of ether oxygens (including phenoxy) is 2. The second kappa shape index (κ2) is 11.9. The number of nitrogens with one attached hydrogen (secondary N) is 1. The van der Waals surface area contributed by atoms with E-state index in [0.717, 1.165) is 31.3 Å². The van der Waals surface area contributed by atoms with Gasteiger partial charge in [-0.05, 0) is 51.9 Å². The topological polar surface area (TPSA) is 67.8 Å². The van der Waals surface area contributed by atoms with Gasteiger partial charge in [-0.1, -0.05) is 38.5 Å². The molecule has 0 spiro atoms. The molecule has 5 nitrogen and oxygen atoms in total. The zero-order valence-electron chi connectivity index (χ0n) is 15.9. The highest BCUT2D eigenvalue weighted by molar-refractivity contribution is 5.71. The van der Waals surface area contributed by atoms with E-state index in [0.29, 0.717) is 6.61 Å². The summed E-state index contributed by atoms with van der Waals surface area (Å²) in [5.41, 5.74) is 0. The predicted molar refractivity (Wildman–Crippen MR) is 98.7 cm³/mol. The maximum absolute atomic E-state index is 10.4. The molecule has 1 aliphatic heterocycles. The normalized spacial score (nSPS) is 27.2. The second-order valence-corrected chi connectivity index (χ2v) is 7.75. The van der Waals surface area contributed by atoms with Gasteiger partial charge in [-0.25, -0.2) is 4.79 Å². The summed E-state index contributed by atoms with van der Waals surface area (Å²) in [5.74, 6) is -0.941. The summed E-state index contributed by atoms with van der Waals surface area (Å²) in [6.07, 6.45) is 16.4. The molecule has 25 heavy (non-hydrogen) atoms. The average Bonchev–Trinajstić information content (AvgIpc) is 2.65. The Morgan fingerprint density at radius 2 is 1.44 bits per heavy atom. The molecule has 3 aliphatic rings. The molecule has 146 valence electrons. The molecule has 2 N–H and O–H groups in total. The zero-order valence-corrected chi connectivity index (χ0v) is 15.9. The minimum atomic E-state index is -0.941. The highest BCUT2D eigenvalue weighted by Gasteiger charge is 2.21. The van der Waals surface area contributed by atoms with Crippen LogP contribution in [0.2, 0.25) is 0 Å². The third-order valence-corrected chi connectivity index (χ3v) is 5.52. The lowest BCUT2D eigenvalue weighted by atomic mass is 9.91. The predicted octanol–water partition coefficient (Wildman–Crippen LogP) is 4.24. The SMILES string of the molecule is C1CCC(NC2CCCCC2)CC1.CC(OC1CCCCO1)C(=O)O. The molecule has 1 heterocycles. The van der Waals surface area contributed by atoms with E-state index in [1.165, 1.54) is 71.1 Å². The van der Waals surface area contributed by atoms with Gasteiger partial charge in [0.2, 0.25) is 0 Å². The van der Waals surface area contributed by atoms with Crippen molar-refractivity contribution in [2.75, 3.05) is 6.61 Å². The molecule has 3 fully saturated rings. The molecular weight excluding hydrogens is 318 g/mol. The van der Waals surface area contributed by atoms with E-state index in [-0.39, 0.29) is 6.29 Å². The van der Waals surface area contributed by atoms with Crippen LogP contribution in [0.3, 0.4) is 0 Å². The largest absolute Gasteiger partial charge is 0.479 e. The van der Waals surface area contributed by atoms with Crippen LogP contribution in [0, 0.1) is 0 Å². The van der Waals surface area contributed by atoms with Crippen molar-refractivity contribution in [1.29, 1.82) is 0 Å². The van der Waals surface area contributed by atoms with E-state index in [9.17, 15) is 4.79 Å². The van der Waals surface area contributed by atoms with Crippen LogP contribution in [0.4, 0.5) is 0 Å². The lowest BCUT2D eigenvalue weighted by Crippen LogP contribution is -2.40. The Morgan fingerprint density at radius 1 is 0.920 bits per heavy atom. The third kappa shape index (κ3) is 8.52. The quantitative estimate of drug-likeness (QED) is 0.772. The first-order valence-electron chi connectivity index (χ1n) is 10.4. The maximum atomic E-state index is 10.4. The average molecular weight is 356 g/mol. The number of hydrogen-bond acceptors (Lipinski definition) is 4. The summed E-state index contributed by atoms with van der Waals surface area (Å²) in [6, 6.07) is 1.74. The van der Waals surface area contributed by atoms with Crippen LogP contribution in [0.1, 0.15) is 90.4 Å². The second-order valence-electron chi connectivity index (χ2n) is 7.75. The Kier molecular flexibility index (Phi) is 9.81. The van der Waals surface area contributed by atoms with Gasteiger partial charge in [-0.15, -0.1) is 0 Å². The fourth-order valence-electron chi connectivity index (χ4n) is 3.98. The molecular formula is C20H37NO4. The Bertz CT molecular complexity index is 343. The Morgan fingerprint density at radius 3 is 1.88 bits per heavy atom. The van der Waals surface area contributed by atoms with Gasteiger partial charge in [0.15, 0.2) is 12.4 Å². The highest BCUT2D eigenvalue weighted by atomic mass is 16.7. The molecule has 2 aliphatic carbocycles. The molecule has 0 aromatic carbocycles. The van der Waals surface area contributed by atoms with Gasteiger partial charge < -0.3 is 19.9 Å². The van der Waals surface area contributed by atoms with Crippen molar-refractivity contribution in [3.8, 4) is 0 Å². The van der Waals surface area contributed by atoms with E-state index in [4.69, 9.17) is 14.6 Å². The van der Waals surface area contributed by atoms with Crippen LogP contribution in [-0.2, 0) is 14.3 Å². The molecule has 2 saturated carbocycles. The molecule has 0 amide bonds. The van der Waals surface area contributed by atoms with E-state index >= 15 is 0 Å². The van der Waals surface area contributed by atoms with Gasteiger partial charge in [-0.2, -0.15) is 0 Å². The van der Waals surface area contributed by atoms with Crippen LogP contribution in [0.15, 0.2) is 0 Å². The molecule has 3 rings (SSSR count). The van der Waals surface area contributed by atoms with Crippen molar-refractivity contribution in [3.63, 3.8) is 0 Å². The molecule has 0 aromatic rings. The van der Waals surface area contributed by atoms with Crippen LogP contribution in [0.5, 0.6) is 0 Å². The molecule has 2 atom stereocenters. The van der Waals surface area contributed by atoms with Gasteiger partial charge in [-0.3, -0.25) is 0 Å². The monoisotopic (exact) mass is 355 g/mol. The Labute approximate surface area is 152 Å². The fraction of sp³-hybridized carbons (Fsp3) is 0.950. The molecule has 0 aromatic heterocycles. The van der Waals surface area contributed by atoms with Gasteiger partial charge in [0.05, 0.1) is 0 Å². The number of rotatable bonds is 5. The van der Waals surface area contributed by atoms with E-state index in [2.05, 4.69) is 5.32 Å². The first-order chi connectivity index (χ1) is 12.1. The minimum absolute atomic E-state index is 0.315. The number of carboxylic acid groups (broad SMARTS) is 1. The first kappa shape index (κ1) is 20.7. The van der Waals surface area contributed by atoms with Crippen LogP contribution in [-0.4, -0.2) is 42.2 Å². The Hall–Kier alpha value is -0.650. The lowest BCUT2D eigenvalue weighted by Gasteiger charge is -2.30. The van der Waals surface area contributed by atoms with Gasteiger partial charge in [0.25, 0.3) is 0 Å². The standard InChI is InChI=1S/C12H23N.C8H14O4/c1-3-7-11(8-4-1)13-12-9-5-2-6-10-12;1-6(8(9)10)12-7-4-2-3-5-11-7/h11-13H,1-10H2;6-7H,2-5H2,1H3,(H,9,10). The fourth-order valence-corrected chi connectivity index (χ4v) is 3.98. The van der Waals surface area contributed by atoms with Crippen molar-refractivity contribution >= 4 is 5.97 Å². The summed E-state index contributed by atoms with van der Waals surface area (Å²) in [7, 11) is 0. The first-order valence-corrected chi connectivity index (χ1v) is 10.4. The van der Waals surface area contributed by atoms with Crippen LogP contribution < -0.4 is 5.32 Å². The molecule has 1 saturated heterocycles. The highest BCUT2D eigenvalue weighted by Crippen LogP contribution is 2.22. The number of hydrogen-bond donors (Lipinski definition) is 2. The van der Waals surface area contributed by atoms with Crippen molar-refractivity contribution in [2.45, 2.75) is 115 Å². The summed E-state index contributed by atoms with van der Waals surface area (Å²) in [5, 5.41) is 12.4. The maximum Gasteiger partial charge on any atom is 0.332 e. The Balaban J connectivity index is 0.000000181. The van der Waals surface area contributed by atoms with Crippen molar-refractivity contribution in [3.05, 3.63) is 0 Å². The van der Waals surface area contributed by atoms with Crippen molar-refractivity contribution < 1.29 is 19.4 Å².